The summed E-state index contributed by atoms with van der Waals surface area (Å²) in [6.45, 7) is 18.1. The zero-order chi connectivity index (χ0) is 41.0. The molecule has 2 aromatic rings. The number of hydrogen-bond donors (Lipinski definition) is 3. The van der Waals surface area contributed by atoms with Gasteiger partial charge in [-0.1, -0.05) is 62.8 Å². The molecule has 0 fully saturated rings. The van der Waals surface area contributed by atoms with Crippen LogP contribution in [0.1, 0.15) is 160 Å². The molecule has 3 N–H and O–H groups in total. The molecule has 0 bridgehead atoms. The fraction of sp³-hybridized carbons (Fsp3) is 0.636. The first-order chi connectivity index (χ1) is 26.1. The predicted octanol–water partition coefficient (Wildman–Crippen LogP) is 13.5. The van der Waals surface area contributed by atoms with E-state index in [2.05, 4.69) is 39.8 Å². The van der Waals surface area contributed by atoms with Gasteiger partial charge in [0, 0.05) is 36.3 Å². The lowest BCUT2D eigenvalue weighted by Gasteiger charge is -2.25. The summed E-state index contributed by atoms with van der Waals surface area (Å²) in [5, 5.41) is 31.3. The third kappa shape index (κ3) is 17.6. The average molecular weight is 807 g/mol. The Morgan fingerprint density at radius 2 is 1.00 bits per heavy atom. The van der Waals surface area contributed by atoms with E-state index < -0.39 is 15.2 Å². The number of hydrogen-bond acceptors (Lipinski definition) is 9. The first-order valence-electron chi connectivity index (χ1n) is 20.6. The van der Waals surface area contributed by atoms with E-state index in [9.17, 15) is 24.4 Å². The van der Waals surface area contributed by atoms with E-state index in [0.29, 0.717) is 31.1 Å². The van der Waals surface area contributed by atoms with Crippen molar-refractivity contribution in [3.63, 3.8) is 0 Å². The first-order valence-corrected chi connectivity index (χ1v) is 24.6. The molecule has 0 heterocycles. The highest BCUT2D eigenvalue weighted by molar-refractivity contribution is 7.53. The fourth-order valence-corrected chi connectivity index (χ4v) is 9.29. The summed E-state index contributed by atoms with van der Waals surface area (Å²) in [5.74, 6) is 1.51. The van der Waals surface area contributed by atoms with Gasteiger partial charge >= 0.3 is 15.2 Å². The number of benzene rings is 2. The average Bonchev–Trinajstić information content (AvgIpc) is 3.08. The molecule has 0 saturated carbocycles. The van der Waals surface area contributed by atoms with Gasteiger partial charge in [-0.3, -0.25) is 4.57 Å². The van der Waals surface area contributed by atoms with Gasteiger partial charge in [0.25, 0.3) is 0 Å². The number of unbranched alkanes of at least 4 members (excludes halogenated alkanes) is 4. The zero-order valence-corrected chi connectivity index (χ0v) is 37.1. The van der Waals surface area contributed by atoms with Crippen molar-refractivity contribution in [3.8, 4) is 23.0 Å². The van der Waals surface area contributed by atoms with Crippen molar-refractivity contribution in [3.05, 3.63) is 69.8 Å². The Bertz CT molecular complexity index is 1580. The monoisotopic (exact) mass is 806 g/mol. The molecule has 0 saturated heterocycles. The minimum Gasteiger partial charge on any atom is -0.507 e. The smallest absolute Gasteiger partial charge is 0.376 e. The van der Waals surface area contributed by atoms with Gasteiger partial charge in [-0.25, -0.2) is 4.57 Å². The lowest BCUT2D eigenvalue weighted by Crippen LogP contribution is -2.07. The summed E-state index contributed by atoms with van der Waals surface area (Å²) in [4.78, 5) is 0. The SMILES string of the molecule is CCCCCc1cc(O)c(C2C=C(C)CCC2)c(O)c1.CCCCCc1cc(O)c(C2C=C(C)CCC2)c(OP(C)(=O)OCC)c1.CCOP(C)(=O)OCC. The van der Waals surface area contributed by atoms with Gasteiger partial charge in [-0.2, -0.15) is 0 Å². The molecule has 0 spiro atoms. The van der Waals surface area contributed by atoms with Gasteiger partial charge in [0.2, 0.25) is 0 Å². The molecule has 0 radical (unpaired) electrons. The van der Waals surface area contributed by atoms with Gasteiger partial charge in [0.15, 0.2) is 0 Å². The highest BCUT2D eigenvalue weighted by Gasteiger charge is 2.27. The van der Waals surface area contributed by atoms with Crippen LogP contribution in [0, 0.1) is 0 Å². The van der Waals surface area contributed by atoms with Crippen molar-refractivity contribution in [2.75, 3.05) is 33.2 Å². The van der Waals surface area contributed by atoms with E-state index in [0.717, 1.165) is 93.7 Å². The third-order valence-corrected chi connectivity index (χ3v) is 12.5. The second-order valence-corrected chi connectivity index (χ2v) is 18.9. The maximum Gasteiger partial charge on any atom is 0.376 e. The molecular formula is C44H72O9P2. The summed E-state index contributed by atoms with van der Waals surface area (Å²) in [7, 11) is -5.90. The molecule has 312 valence electrons. The second kappa shape index (κ2) is 25.0. The van der Waals surface area contributed by atoms with Crippen molar-refractivity contribution >= 4 is 15.2 Å². The van der Waals surface area contributed by atoms with Gasteiger partial charge in [-0.15, -0.1) is 0 Å². The summed E-state index contributed by atoms with van der Waals surface area (Å²) in [5.41, 5.74) is 6.18. The lowest BCUT2D eigenvalue weighted by molar-refractivity contribution is 0.225. The lowest BCUT2D eigenvalue weighted by atomic mass is 9.84. The van der Waals surface area contributed by atoms with E-state index in [-0.39, 0.29) is 29.1 Å². The van der Waals surface area contributed by atoms with Crippen molar-refractivity contribution < 1.29 is 42.5 Å². The minimum atomic E-state index is -3.21. The fourth-order valence-electron chi connectivity index (χ4n) is 7.25. The van der Waals surface area contributed by atoms with Crippen LogP contribution in [-0.4, -0.2) is 48.5 Å². The molecule has 0 amide bonds. The van der Waals surface area contributed by atoms with Gasteiger partial charge < -0.3 is 33.4 Å². The Morgan fingerprint density at radius 1 is 0.600 bits per heavy atom. The molecule has 0 aromatic heterocycles. The van der Waals surface area contributed by atoms with Crippen molar-refractivity contribution in [2.24, 2.45) is 0 Å². The Balaban J connectivity index is 0.000000318. The molecule has 2 aliphatic carbocycles. The van der Waals surface area contributed by atoms with E-state index in [1.54, 1.807) is 20.8 Å². The highest BCUT2D eigenvalue weighted by atomic mass is 31.2. The molecule has 3 atom stereocenters. The zero-order valence-electron chi connectivity index (χ0n) is 35.3. The summed E-state index contributed by atoms with van der Waals surface area (Å²) in [6.07, 6.45) is 19.4. The molecule has 2 aliphatic rings. The maximum absolute atomic E-state index is 12.6. The van der Waals surface area contributed by atoms with Crippen molar-refractivity contribution in [2.45, 2.75) is 150 Å². The standard InChI is InChI=1S/C21H33O4P.C18H26O2.C5H13O3P/c1-5-7-8-11-17-14-19(22)21(18-12-9-10-16(3)13-18)20(15-17)25-26(4,23)24-6-2;1-3-4-5-8-14-11-16(19)18(17(20)12-14)15-9-6-7-13(2)10-15;1-4-7-9(3,6)8-5-2/h13-15,18,22H,5-12H2,1-4H3;10-12,15,19-20H,3-9H2,1-2H3;4-5H2,1-3H3. The van der Waals surface area contributed by atoms with E-state index >= 15 is 0 Å². The number of aryl methyl sites for hydroxylation is 2. The highest BCUT2D eigenvalue weighted by Crippen LogP contribution is 2.50. The largest absolute Gasteiger partial charge is 0.507 e. The second-order valence-electron chi connectivity index (χ2n) is 14.9. The molecule has 9 nitrogen and oxygen atoms in total. The number of aromatic hydroxyl groups is 3. The quantitative estimate of drug-likeness (QED) is 0.0765. The molecule has 2 aromatic carbocycles. The first kappa shape index (κ1) is 48.6. The normalized spacial score (nSPS) is 18.1. The van der Waals surface area contributed by atoms with Crippen LogP contribution in [-0.2, 0) is 35.5 Å². The van der Waals surface area contributed by atoms with E-state index in [1.807, 2.05) is 24.3 Å². The minimum absolute atomic E-state index is 0.0880. The van der Waals surface area contributed by atoms with E-state index in [1.165, 1.54) is 37.3 Å². The van der Waals surface area contributed by atoms with Gasteiger partial charge in [0.05, 0.1) is 19.8 Å². The summed E-state index contributed by atoms with van der Waals surface area (Å²) in [6, 6.07) is 7.46. The molecular weight excluding hydrogens is 734 g/mol. The van der Waals surface area contributed by atoms with Crippen LogP contribution < -0.4 is 4.52 Å². The molecule has 55 heavy (non-hydrogen) atoms. The summed E-state index contributed by atoms with van der Waals surface area (Å²) < 4.78 is 44.3. The van der Waals surface area contributed by atoms with Crippen LogP contribution in [0.25, 0.3) is 0 Å². The van der Waals surface area contributed by atoms with Crippen molar-refractivity contribution in [1.82, 2.24) is 0 Å². The van der Waals surface area contributed by atoms with Crippen LogP contribution in [0.5, 0.6) is 23.0 Å². The van der Waals surface area contributed by atoms with Crippen LogP contribution >= 0.6 is 15.2 Å². The molecule has 4 rings (SSSR count). The summed E-state index contributed by atoms with van der Waals surface area (Å²) >= 11 is 0. The third-order valence-electron chi connectivity index (χ3n) is 9.75. The molecule has 0 aliphatic heterocycles. The Kier molecular flexibility index (Phi) is 22.1. The topological polar surface area (TPSA) is 132 Å². The maximum atomic E-state index is 12.6. The molecule has 3 unspecified atom stereocenters. The predicted molar refractivity (Wildman–Crippen MR) is 228 cm³/mol. The van der Waals surface area contributed by atoms with Crippen LogP contribution in [0.3, 0.4) is 0 Å². The number of phenols is 3. The number of phenolic OH excluding ortho intramolecular Hbond substituents is 3. The number of rotatable bonds is 18. The Morgan fingerprint density at radius 3 is 1.42 bits per heavy atom. The van der Waals surface area contributed by atoms with Crippen LogP contribution in [0.15, 0.2) is 47.6 Å². The van der Waals surface area contributed by atoms with Crippen molar-refractivity contribution in [1.29, 1.82) is 0 Å². The molecule has 11 heteroatoms. The Labute approximate surface area is 333 Å². The van der Waals surface area contributed by atoms with Crippen LogP contribution in [0.2, 0.25) is 0 Å². The Hall–Kier alpha value is -2.54. The number of allylic oxidation sites excluding steroid dienone is 4. The van der Waals surface area contributed by atoms with Crippen LogP contribution in [0.4, 0.5) is 0 Å². The van der Waals surface area contributed by atoms with Gasteiger partial charge in [0.1, 0.15) is 23.0 Å². The van der Waals surface area contributed by atoms with E-state index in [4.69, 9.17) is 18.1 Å². The van der Waals surface area contributed by atoms with Gasteiger partial charge in [-0.05, 0) is 134 Å².